The minimum atomic E-state index is 1.05. The lowest BCUT2D eigenvalue weighted by molar-refractivity contribution is -0.0471. The monoisotopic (exact) mass is 288 g/mol. The van der Waals surface area contributed by atoms with Crippen molar-refractivity contribution in [3.8, 4) is 0 Å². The normalized spacial score (nSPS) is 48.4. The van der Waals surface area contributed by atoms with Crippen LogP contribution in [0.25, 0.3) is 0 Å². The second kappa shape index (κ2) is 6.25. The number of rotatable bonds is 1. The minimum absolute atomic E-state index is 1.05. The Bertz CT molecular complexity index is 340. The van der Waals surface area contributed by atoms with Crippen LogP contribution in [-0.2, 0) is 0 Å². The van der Waals surface area contributed by atoms with E-state index in [9.17, 15) is 0 Å². The largest absolute Gasteiger partial charge is 0.0619 e. The van der Waals surface area contributed by atoms with E-state index >= 15 is 0 Å². The molecule has 0 spiro atoms. The summed E-state index contributed by atoms with van der Waals surface area (Å²) in [6, 6.07) is 0. The third kappa shape index (κ3) is 2.70. The average molecular weight is 289 g/mol. The third-order valence-electron chi connectivity index (χ3n) is 8.32. The van der Waals surface area contributed by atoms with E-state index in [1.165, 1.54) is 19.3 Å². The van der Waals surface area contributed by atoms with Gasteiger partial charge in [0.2, 0.25) is 0 Å². The van der Waals surface area contributed by atoms with Crippen molar-refractivity contribution >= 4 is 0 Å². The fourth-order valence-corrected chi connectivity index (χ4v) is 7.41. The molecule has 0 nitrogen and oxygen atoms in total. The van der Waals surface area contributed by atoms with Gasteiger partial charge in [0.25, 0.3) is 0 Å². The van der Waals surface area contributed by atoms with Gasteiger partial charge in [-0.2, -0.15) is 0 Å². The van der Waals surface area contributed by atoms with Crippen LogP contribution in [0.3, 0.4) is 0 Å². The first-order chi connectivity index (χ1) is 10.3. The molecule has 4 rings (SSSR count). The van der Waals surface area contributed by atoms with Crippen molar-refractivity contribution in [1.29, 1.82) is 0 Å². The Morgan fingerprint density at radius 1 is 0.476 bits per heavy atom. The molecule has 4 saturated carbocycles. The third-order valence-corrected chi connectivity index (χ3v) is 8.32. The van der Waals surface area contributed by atoms with Crippen LogP contribution in [0.5, 0.6) is 0 Å². The van der Waals surface area contributed by atoms with Gasteiger partial charge in [0, 0.05) is 0 Å². The summed E-state index contributed by atoms with van der Waals surface area (Å²) >= 11 is 0. The second-order valence-electron chi connectivity index (χ2n) is 9.12. The van der Waals surface area contributed by atoms with Crippen molar-refractivity contribution < 1.29 is 0 Å². The van der Waals surface area contributed by atoms with E-state index in [0.29, 0.717) is 0 Å². The molecule has 0 aromatic rings. The van der Waals surface area contributed by atoms with Crippen LogP contribution in [0.4, 0.5) is 0 Å². The standard InChI is InChI=1S/C21H36/c1-15-19(16-7-3-2-4-8-16)14-13-18-12-11-17-9-5-6-10-20(17)21(15)18/h15-21H,2-14H2,1H3. The van der Waals surface area contributed by atoms with Crippen molar-refractivity contribution in [2.45, 2.75) is 90.4 Å². The topological polar surface area (TPSA) is 0 Å². The zero-order valence-corrected chi connectivity index (χ0v) is 14.2. The highest BCUT2D eigenvalue weighted by molar-refractivity contribution is 4.97. The van der Waals surface area contributed by atoms with E-state index in [1.807, 2.05) is 0 Å². The van der Waals surface area contributed by atoms with Gasteiger partial charge in [-0.05, 0) is 73.5 Å². The van der Waals surface area contributed by atoms with Gasteiger partial charge in [0.15, 0.2) is 0 Å². The number of fused-ring (bicyclic) bond motifs is 3. The predicted octanol–water partition coefficient (Wildman–Crippen LogP) is 6.45. The molecule has 4 fully saturated rings. The Morgan fingerprint density at radius 2 is 1.05 bits per heavy atom. The lowest BCUT2D eigenvalue weighted by Crippen LogP contribution is -2.46. The van der Waals surface area contributed by atoms with Gasteiger partial charge in [0.05, 0.1) is 0 Å². The Hall–Kier alpha value is 0. The SMILES string of the molecule is CC1C(C2CCCCC2)CCC2CCC3CCCCC3C21. The summed E-state index contributed by atoms with van der Waals surface area (Å²) in [5.74, 6) is 7.79. The van der Waals surface area contributed by atoms with Crippen molar-refractivity contribution in [3.63, 3.8) is 0 Å². The zero-order valence-electron chi connectivity index (χ0n) is 14.2. The van der Waals surface area contributed by atoms with Crippen LogP contribution >= 0.6 is 0 Å². The molecular formula is C21H36. The van der Waals surface area contributed by atoms with Gasteiger partial charge >= 0.3 is 0 Å². The van der Waals surface area contributed by atoms with Gasteiger partial charge < -0.3 is 0 Å². The molecule has 0 radical (unpaired) electrons. The van der Waals surface area contributed by atoms with E-state index in [0.717, 1.165) is 41.4 Å². The zero-order chi connectivity index (χ0) is 14.2. The first-order valence-corrected chi connectivity index (χ1v) is 10.3. The quantitative estimate of drug-likeness (QED) is 0.520. The lowest BCUT2D eigenvalue weighted by Gasteiger charge is -2.54. The number of hydrogen-bond donors (Lipinski definition) is 0. The molecule has 0 heteroatoms. The summed E-state index contributed by atoms with van der Waals surface area (Å²) in [6.07, 6.45) is 20.4. The summed E-state index contributed by atoms with van der Waals surface area (Å²) < 4.78 is 0. The smallest absolute Gasteiger partial charge is 0.0326 e. The summed E-state index contributed by atoms with van der Waals surface area (Å²) in [7, 11) is 0. The molecule has 0 aromatic carbocycles. The molecular weight excluding hydrogens is 252 g/mol. The minimum Gasteiger partial charge on any atom is -0.0619 e. The molecule has 6 unspecified atom stereocenters. The molecule has 120 valence electrons. The van der Waals surface area contributed by atoms with E-state index in [4.69, 9.17) is 0 Å². The highest BCUT2D eigenvalue weighted by Crippen LogP contribution is 2.56. The lowest BCUT2D eigenvalue weighted by atomic mass is 9.51. The second-order valence-corrected chi connectivity index (χ2v) is 9.12. The Kier molecular flexibility index (Phi) is 4.34. The summed E-state index contributed by atoms with van der Waals surface area (Å²) in [5.41, 5.74) is 0. The molecule has 0 heterocycles. The Morgan fingerprint density at radius 3 is 1.86 bits per heavy atom. The Labute approximate surface area is 132 Å². The van der Waals surface area contributed by atoms with Crippen LogP contribution in [0.1, 0.15) is 90.4 Å². The molecule has 4 aliphatic carbocycles. The van der Waals surface area contributed by atoms with Crippen LogP contribution in [-0.4, -0.2) is 0 Å². The summed E-state index contributed by atoms with van der Waals surface area (Å²) in [5, 5.41) is 0. The molecule has 0 bridgehead atoms. The van der Waals surface area contributed by atoms with Gasteiger partial charge in [-0.1, -0.05) is 58.3 Å². The molecule has 4 aliphatic rings. The molecule has 6 atom stereocenters. The van der Waals surface area contributed by atoms with Gasteiger partial charge in [-0.25, -0.2) is 0 Å². The molecule has 0 N–H and O–H groups in total. The first kappa shape index (κ1) is 14.6. The molecule has 21 heavy (non-hydrogen) atoms. The highest BCUT2D eigenvalue weighted by Gasteiger charge is 2.47. The van der Waals surface area contributed by atoms with Gasteiger partial charge in [-0.15, -0.1) is 0 Å². The fourth-order valence-electron chi connectivity index (χ4n) is 7.41. The van der Waals surface area contributed by atoms with Crippen molar-refractivity contribution in [2.75, 3.05) is 0 Å². The van der Waals surface area contributed by atoms with Gasteiger partial charge in [0.1, 0.15) is 0 Å². The van der Waals surface area contributed by atoms with Crippen LogP contribution in [0.2, 0.25) is 0 Å². The molecule has 0 amide bonds. The van der Waals surface area contributed by atoms with Crippen LogP contribution in [0.15, 0.2) is 0 Å². The van der Waals surface area contributed by atoms with Crippen molar-refractivity contribution in [3.05, 3.63) is 0 Å². The number of hydrogen-bond acceptors (Lipinski definition) is 0. The highest BCUT2D eigenvalue weighted by atomic mass is 14.5. The average Bonchev–Trinajstić information content (AvgIpc) is 2.55. The molecule has 0 aromatic heterocycles. The van der Waals surface area contributed by atoms with Crippen molar-refractivity contribution in [2.24, 2.45) is 41.4 Å². The Balaban J connectivity index is 1.50. The maximum absolute atomic E-state index is 2.69. The maximum atomic E-state index is 2.69. The maximum Gasteiger partial charge on any atom is -0.0326 e. The molecule has 0 saturated heterocycles. The van der Waals surface area contributed by atoms with Crippen LogP contribution < -0.4 is 0 Å². The van der Waals surface area contributed by atoms with Crippen LogP contribution in [0, 0.1) is 41.4 Å². The summed E-state index contributed by atoms with van der Waals surface area (Å²) in [6.45, 7) is 2.69. The van der Waals surface area contributed by atoms with E-state index in [-0.39, 0.29) is 0 Å². The van der Waals surface area contributed by atoms with Crippen molar-refractivity contribution in [1.82, 2.24) is 0 Å². The first-order valence-electron chi connectivity index (χ1n) is 10.3. The summed E-state index contributed by atoms with van der Waals surface area (Å²) in [4.78, 5) is 0. The molecule has 0 aliphatic heterocycles. The van der Waals surface area contributed by atoms with E-state index in [1.54, 1.807) is 64.2 Å². The van der Waals surface area contributed by atoms with E-state index in [2.05, 4.69) is 6.92 Å². The van der Waals surface area contributed by atoms with E-state index < -0.39 is 0 Å². The predicted molar refractivity (Wildman–Crippen MR) is 90.1 cm³/mol. The van der Waals surface area contributed by atoms with Gasteiger partial charge in [-0.3, -0.25) is 0 Å². The fraction of sp³-hybridized carbons (Fsp3) is 1.00.